The van der Waals surface area contributed by atoms with Crippen molar-refractivity contribution in [3.8, 4) is 0 Å². The zero-order chi connectivity index (χ0) is 16.1. The van der Waals surface area contributed by atoms with Crippen molar-refractivity contribution in [3.05, 3.63) is 0 Å². The van der Waals surface area contributed by atoms with E-state index in [1.54, 1.807) is 0 Å². The van der Waals surface area contributed by atoms with Gasteiger partial charge in [-0.3, -0.25) is 19.2 Å². The van der Waals surface area contributed by atoms with Crippen molar-refractivity contribution in [3.63, 3.8) is 0 Å². The number of nitrogens with two attached hydrogens (primary N) is 2. The maximum absolute atomic E-state index is 10.8. The van der Waals surface area contributed by atoms with Gasteiger partial charge in [-0.25, -0.2) is 0 Å². The fourth-order valence-corrected chi connectivity index (χ4v) is 1.91. The average molecular weight is 404 g/mol. The van der Waals surface area contributed by atoms with Crippen molar-refractivity contribution in [2.45, 2.75) is 36.8 Å². The second-order valence-corrected chi connectivity index (χ2v) is 4.59. The summed E-state index contributed by atoms with van der Waals surface area (Å²) in [5.41, 5.74) is 6.88. The minimum absolute atomic E-state index is 0. The molecule has 0 amide bonds. The smallest absolute Gasteiger partial charge is 1.00 e. The number of hydrogen-bond acceptors (Lipinski definition) is 6. The maximum atomic E-state index is 10.8. The molecule has 0 aliphatic heterocycles. The Bertz CT molecular complexity index is 387. The van der Waals surface area contributed by atoms with Gasteiger partial charge in [-0.05, 0) is 0 Å². The summed E-state index contributed by atoms with van der Waals surface area (Å²) in [5.74, 6) is -6.06. The Morgan fingerprint density at radius 2 is 0.783 bits per heavy atom. The Morgan fingerprint density at radius 3 is 0.870 bits per heavy atom. The van der Waals surface area contributed by atoms with Crippen LogP contribution >= 0.6 is 0 Å². The van der Waals surface area contributed by atoms with Crippen LogP contribution in [0.25, 0.3) is 0 Å². The van der Waals surface area contributed by atoms with E-state index in [1.165, 1.54) is 0 Å². The maximum Gasteiger partial charge on any atom is 1.00 e. The molecule has 10 nitrogen and oxygen atoms in total. The number of rotatable bonds is 9. The van der Waals surface area contributed by atoms with E-state index >= 15 is 0 Å². The zero-order valence-electron chi connectivity index (χ0n) is 14.7. The number of carbonyl (C=O) groups is 4. The van der Waals surface area contributed by atoms with E-state index in [4.69, 9.17) is 31.9 Å². The summed E-state index contributed by atoms with van der Waals surface area (Å²) in [6, 6.07) is 0. The fourth-order valence-electron chi connectivity index (χ4n) is 1.91. The van der Waals surface area contributed by atoms with Gasteiger partial charge in [0.25, 0.3) is 0 Å². The third kappa shape index (κ3) is 10.7. The predicted octanol–water partition coefficient (Wildman–Crippen LogP) is -7.49. The van der Waals surface area contributed by atoms with Gasteiger partial charge in [-0.1, -0.05) is 0 Å². The summed E-state index contributed by atoms with van der Waals surface area (Å²) in [4.78, 5) is 43.2. The number of carboxylic acid groups (broad SMARTS) is 4. The van der Waals surface area contributed by atoms with Crippen molar-refractivity contribution < 1.29 is 119 Å². The SMILES string of the molecule is NC(CC(=O)O)(CC(=O)O)C(N)(CC(=O)O)CC(=O)O.[Cu].[H-].[H-].[Na+].[Na+]. The molecule has 1 radical (unpaired) electrons. The van der Waals surface area contributed by atoms with Crippen LogP contribution in [-0.2, 0) is 36.2 Å². The predicted molar refractivity (Wildman–Crippen MR) is 65.1 cm³/mol. The molecule has 0 spiro atoms. The molecule has 129 valence electrons. The molecule has 0 heterocycles. The van der Waals surface area contributed by atoms with E-state index in [1.807, 2.05) is 0 Å². The van der Waals surface area contributed by atoms with Crippen LogP contribution in [-0.4, -0.2) is 55.4 Å². The summed E-state index contributed by atoms with van der Waals surface area (Å²) in [7, 11) is 0. The molecule has 0 aromatic rings. The molecule has 0 bridgehead atoms. The summed E-state index contributed by atoms with van der Waals surface area (Å²) in [5, 5.41) is 35.1. The van der Waals surface area contributed by atoms with Gasteiger partial charge in [0.05, 0.1) is 36.8 Å². The van der Waals surface area contributed by atoms with E-state index in [0.29, 0.717) is 0 Å². The standard InChI is InChI=1S/C10H16N2O8.Cu.2Na.2H/c11-9(1-5(13)14,2-6(15)16)10(12,3-7(17)18)4-8(19)20;;;;;/h1-4,11-12H2,(H,13,14)(H,15,16)(H,17,18)(H,19,20);;;;;/q;;2*+1;2*-1. The molecule has 0 saturated heterocycles. The molecule has 0 aromatic carbocycles. The summed E-state index contributed by atoms with van der Waals surface area (Å²) in [6.45, 7) is 0. The van der Waals surface area contributed by atoms with Gasteiger partial charge in [0.15, 0.2) is 0 Å². The van der Waals surface area contributed by atoms with Gasteiger partial charge >= 0.3 is 83.0 Å². The summed E-state index contributed by atoms with van der Waals surface area (Å²) >= 11 is 0. The molecule has 0 unspecified atom stereocenters. The Kier molecular flexibility index (Phi) is 17.1. The van der Waals surface area contributed by atoms with Gasteiger partial charge in [-0.2, -0.15) is 0 Å². The molecule has 23 heavy (non-hydrogen) atoms. The number of aliphatic carboxylic acids is 4. The van der Waals surface area contributed by atoms with Crippen molar-refractivity contribution >= 4 is 23.9 Å². The molecular formula is C10H18CuN2Na2O8. The normalized spacial score (nSPS) is 10.3. The fraction of sp³-hybridized carbons (Fsp3) is 0.600. The Balaban J connectivity index is -0.000000180. The van der Waals surface area contributed by atoms with Crippen LogP contribution in [0.1, 0.15) is 28.5 Å². The van der Waals surface area contributed by atoms with E-state index in [0.717, 1.165) is 0 Å². The van der Waals surface area contributed by atoms with Crippen LogP contribution < -0.4 is 70.6 Å². The molecule has 13 heteroatoms. The molecule has 0 aliphatic rings. The Morgan fingerprint density at radius 1 is 0.652 bits per heavy atom. The van der Waals surface area contributed by atoms with E-state index < -0.39 is 60.6 Å². The topological polar surface area (TPSA) is 201 Å². The van der Waals surface area contributed by atoms with Gasteiger partial charge in [0.1, 0.15) is 0 Å². The molecule has 0 aliphatic carbocycles. The van der Waals surface area contributed by atoms with Crippen LogP contribution in [0.3, 0.4) is 0 Å². The molecule has 0 rings (SSSR count). The number of carboxylic acids is 4. The van der Waals surface area contributed by atoms with Gasteiger partial charge in [0.2, 0.25) is 0 Å². The second-order valence-electron chi connectivity index (χ2n) is 4.59. The summed E-state index contributed by atoms with van der Waals surface area (Å²) in [6.07, 6.45) is -3.90. The van der Waals surface area contributed by atoms with Crippen molar-refractivity contribution in [2.24, 2.45) is 11.5 Å². The van der Waals surface area contributed by atoms with Crippen LogP contribution in [0, 0.1) is 0 Å². The van der Waals surface area contributed by atoms with Gasteiger partial charge in [0, 0.05) is 17.1 Å². The third-order valence-corrected chi connectivity index (χ3v) is 2.86. The van der Waals surface area contributed by atoms with Crippen molar-refractivity contribution in [2.75, 3.05) is 0 Å². The van der Waals surface area contributed by atoms with Crippen LogP contribution in [0.2, 0.25) is 0 Å². The molecule has 0 atom stereocenters. The van der Waals surface area contributed by atoms with E-state index in [2.05, 4.69) is 0 Å². The summed E-state index contributed by atoms with van der Waals surface area (Å²) < 4.78 is 0. The minimum Gasteiger partial charge on any atom is -1.00 e. The second kappa shape index (κ2) is 12.6. The van der Waals surface area contributed by atoms with Crippen LogP contribution in [0.5, 0.6) is 0 Å². The van der Waals surface area contributed by atoms with Gasteiger partial charge in [-0.15, -0.1) is 0 Å². The van der Waals surface area contributed by atoms with Gasteiger partial charge < -0.3 is 34.7 Å². The van der Waals surface area contributed by atoms with E-state index in [9.17, 15) is 19.2 Å². The van der Waals surface area contributed by atoms with Crippen molar-refractivity contribution in [1.82, 2.24) is 0 Å². The Labute approximate surface area is 189 Å². The molecule has 0 fully saturated rings. The number of hydrogen-bond donors (Lipinski definition) is 6. The third-order valence-electron chi connectivity index (χ3n) is 2.86. The monoisotopic (exact) mass is 403 g/mol. The average Bonchev–Trinajstić information content (AvgIpc) is 2.10. The van der Waals surface area contributed by atoms with E-state index in [-0.39, 0.29) is 79.0 Å². The first-order chi connectivity index (χ1) is 8.92. The van der Waals surface area contributed by atoms with Crippen LogP contribution in [0.4, 0.5) is 0 Å². The first-order valence-electron chi connectivity index (χ1n) is 5.37. The molecule has 0 saturated carbocycles. The molecular weight excluding hydrogens is 386 g/mol. The first kappa shape index (κ1) is 31.1. The van der Waals surface area contributed by atoms with Crippen LogP contribution in [0.15, 0.2) is 0 Å². The molecule has 0 aromatic heterocycles. The quantitative estimate of drug-likeness (QED) is 0.201. The largest absolute Gasteiger partial charge is 1.00 e. The molecule has 8 N–H and O–H groups in total. The first-order valence-corrected chi connectivity index (χ1v) is 5.37. The zero-order valence-corrected chi connectivity index (χ0v) is 17.6. The van der Waals surface area contributed by atoms with Crippen molar-refractivity contribution in [1.29, 1.82) is 0 Å². The Hall–Kier alpha value is 0.319. The minimum atomic E-state index is -2.22.